The summed E-state index contributed by atoms with van der Waals surface area (Å²) in [4.78, 5) is 6.67. The van der Waals surface area contributed by atoms with Gasteiger partial charge in [0, 0.05) is 31.9 Å². The standard InChI is InChI=1S/C13H23N3O/c1-4-17-13(8-14)10-16(3)9-12-7-5-6-11(2)15-12/h5-7,13H,4,8-10,14H2,1-3H3. The zero-order valence-electron chi connectivity index (χ0n) is 11.0. The molecule has 1 heterocycles. The molecule has 4 heteroatoms. The largest absolute Gasteiger partial charge is 0.376 e. The van der Waals surface area contributed by atoms with Crippen LogP contribution >= 0.6 is 0 Å². The minimum absolute atomic E-state index is 0.106. The van der Waals surface area contributed by atoms with Gasteiger partial charge in [0.15, 0.2) is 0 Å². The molecule has 0 radical (unpaired) electrons. The average Bonchev–Trinajstić information content (AvgIpc) is 2.28. The van der Waals surface area contributed by atoms with Gasteiger partial charge in [-0.25, -0.2) is 0 Å². The second-order valence-corrected chi connectivity index (χ2v) is 4.28. The first-order valence-corrected chi connectivity index (χ1v) is 6.08. The van der Waals surface area contributed by atoms with Crippen molar-refractivity contribution in [1.82, 2.24) is 9.88 Å². The molecule has 17 heavy (non-hydrogen) atoms. The SMILES string of the molecule is CCOC(CN)CN(C)Cc1cccc(C)n1. The van der Waals surface area contributed by atoms with E-state index in [1.807, 2.05) is 32.0 Å². The zero-order valence-corrected chi connectivity index (χ0v) is 11.0. The molecule has 1 aromatic heterocycles. The summed E-state index contributed by atoms with van der Waals surface area (Å²) in [7, 11) is 2.06. The molecule has 0 aliphatic rings. The first-order valence-electron chi connectivity index (χ1n) is 6.08. The van der Waals surface area contributed by atoms with Crippen LogP contribution in [0.1, 0.15) is 18.3 Å². The van der Waals surface area contributed by atoms with Crippen LogP contribution in [-0.4, -0.2) is 42.7 Å². The third-order valence-electron chi connectivity index (χ3n) is 2.56. The van der Waals surface area contributed by atoms with Crippen molar-refractivity contribution in [2.45, 2.75) is 26.5 Å². The molecule has 0 aliphatic carbocycles. The molecule has 1 unspecified atom stereocenters. The van der Waals surface area contributed by atoms with Crippen molar-refractivity contribution in [2.24, 2.45) is 5.73 Å². The average molecular weight is 237 g/mol. The Labute approximate surface area is 104 Å². The molecule has 96 valence electrons. The predicted molar refractivity (Wildman–Crippen MR) is 69.8 cm³/mol. The highest BCUT2D eigenvalue weighted by molar-refractivity contribution is 5.09. The van der Waals surface area contributed by atoms with Crippen LogP contribution < -0.4 is 5.73 Å². The summed E-state index contributed by atoms with van der Waals surface area (Å²) in [6, 6.07) is 6.09. The summed E-state index contributed by atoms with van der Waals surface area (Å²) in [6.45, 7) is 6.92. The molecule has 0 fully saturated rings. The number of rotatable bonds is 7. The van der Waals surface area contributed by atoms with E-state index < -0.39 is 0 Å². The van der Waals surface area contributed by atoms with Crippen molar-refractivity contribution >= 4 is 0 Å². The smallest absolute Gasteiger partial charge is 0.0823 e. The highest BCUT2D eigenvalue weighted by atomic mass is 16.5. The van der Waals surface area contributed by atoms with E-state index in [0.29, 0.717) is 13.2 Å². The fourth-order valence-corrected chi connectivity index (χ4v) is 1.81. The molecule has 4 nitrogen and oxygen atoms in total. The normalized spacial score (nSPS) is 13.0. The molecule has 0 aliphatic heterocycles. The van der Waals surface area contributed by atoms with Crippen LogP contribution in [0.2, 0.25) is 0 Å². The van der Waals surface area contributed by atoms with Crippen molar-refractivity contribution in [2.75, 3.05) is 26.7 Å². The van der Waals surface area contributed by atoms with E-state index in [4.69, 9.17) is 10.5 Å². The number of hydrogen-bond acceptors (Lipinski definition) is 4. The number of hydrogen-bond donors (Lipinski definition) is 1. The van der Waals surface area contributed by atoms with E-state index in [-0.39, 0.29) is 6.10 Å². The maximum absolute atomic E-state index is 5.66. The zero-order chi connectivity index (χ0) is 12.7. The lowest BCUT2D eigenvalue weighted by molar-refractivity contribution is 0.0435. The van der Waals surface area contributed by atoms with Gasteiger partial charge in [0.25, 0.3) is 0 Å². The summed E-state index contributed by atoms with van der Waals surface area (Å²) in [5, 5.41) is 0. The van der Waals surface area contributed by atoms with Crippen molar-refractivity contribution in [3.63, 3.8) is 0 Å². The van der Waals surface area contributed by atoms with Gasteiger partial charge in [0.05, 0.1) is 11.8 Å². The first kappa shape index (κ1) is 14.1. The van der Waals surface area contributed by atoms with Crippen LogP contribution in [0, 0.1) is 6.92 Å². The Morgan fingerprint density at radius 2 is 2.24 bits per heavy atom. The summed E-state index contributed by atoms with van der Waals surface area (Å²) in [5.41, 5.74) is 7.79. The van der Waals surface area contributed by atoms with Gasteiger partial charge in [-0.05, 0) is 33.0 Å². The Balaban J connectivity index is 2.45. The van der Waals surface area contributed by atoms with Gasteiger partial charge < -0.3 is 10.5 Å². The lowest BCUT2D eigenvalue weighted by Crippen LogP contribution is -2.36. The number of likely N-dealkylation sites (N-methyl/N-ethyl adjacent to an activating group) is 1. The van der Waals surface area contributed by atoms with Gasteiger partial charge in [-0.15, -0.1) is 0 Å². The molecular weight excluding hydrogens is 214 g/mol. The molecule has 0 saturated carbocycles. The number of aromatic nitrogens is 1. The second-order valence-electron chi connectivity index (χ2n) is 4.28. The van der Waals surface area contributed by atoms with Gasteiger partial charge in [-0.1, -0.05) is 6.07 Å². The van der Waals surface area contributed by atoms with Gasteiger partial charge in [-0.2, -0.15) is 0 Å². The topological polar surface area (TPSA) is 51.4 Å². The van der Waals surface area contributed by atoms with E-state index in [9.17, 15) is 0 Å². The number of ether oxygens (including phenoxy) is 1. The minimum atomic E-state index is 0.106. The van der Waals surface area contributed by atoms with Gasteiger partial charge in [-0.3, -0.25) is 9.88 Å². The van der Waals surface area contributed by atoms with E-state index in [2.05, 4.69) is 16.9 Å². The lowest BCUT2D eigenvalue weighted by atomic mass is 10.2. The summed E-state index contributed by atoms with van der Waals surface area (Å²) < 4.78 is 5.54. The minimum Gasteiger partial charge on any atom is -0.376 e. The van der Waals surface area contributed by atoms with E-state index in [1.54, 1.807) is 0 Å². The van der Waals surface area contributed by atoms with Crippen LogP contribution in [0.25, 0.3) is 0 Å². The van der Waals surface area contributed by atoms with Crippen molar-refractivity contribution in [1.29, 1.82) is 0 Å². The van der Waals surface area contributed by atoms with Gasteiger partial charge in [0.1, 0.15) is 0 Å². The Bertz CT molecular complexity index is 330. The molecule has 0 bridgehead atoms. The van der Waals surface area contributed by atoms with Crippen LogP contribution in [-0.2, 0) is 11.3 Å². The molecule has 0 spiro atoms. The van der Waals surface area contributed by atoms with Crippen LogP contribution in [0.3, 0.4) is 0 Å². The van der Waals surface area contributed by atoms with Gasteiger partial charge >= 0.3 is 0 Å². The van der Waals surface area contributed by atoms with Crippen LogP contribution in [0.5, 0.6) is 0 Å². The van der Waals surface area contributed by atoms with Crippen molar-refractivity contribution in [3.8, 4) is 0 Å². The van der Waals surface area contributed by atoms with Crippen molar-refractivity contribution in [3.05, 3.63) is 29.6 Å². The van der Waals surface area contributed by atoms with Gasteiger partial charge in [0.2, 0.25) is 0 Å². The molecular formula is C13H23N3O. The van der Waals surface area contributed by atoms with E-state index in [0.717, 1.165) is 24.5 Å². The summed E-state index contributed by atoms with van der Waals surface area (Å²) >= 11 is 0. The quantitative estimate of drug-likeness (QED) is 0.774. The second kappa shape index (κ2) is 7.37. The molecule has 2 N–H and O–H groups in total. The maximum Gasteiger partial charge on any atom is 0.0823 e. The first-order chi connectivity index (χ1) is 8.15. The third kappa shape index (κ3) is 5.26. The Kier molecular flexibility index (Phi) is 6.11. The highest BCUT2D eigenvalue weighted by Gasteiger charge is 2.10. The number of nitrogens with zero attached hydrogens (tertiary/aromatic N) is 2. The summed E-state index contributed by atoms with van der Waals surface area (Å²) in [5.74, 6) is 0. The Morgan fingerprint density at radius 3 is 2.82 bits per heavy atom. The molecule has 0 aromatic carbocycles. The lowest BCUT2D eigenvalue weighted by Gasteiger charge is -2.22. The predicted octanol–water partition coefficient (Wildman–Crippen LogP) is 1.19. The van der Waals surface area contributed by atoms with Crippen LogP contribution in [0.4, 0.5) is 0 Å². The Hall–Kier alpha value is -0.970. The van der Waals surface area contributed by atoms with Crippen molar-refractivity contribution < 1.29 is 4.74 Å². The van der Waals surface area contributed by atoms with Crippen LogP contribution in [0.15, 0.2) is 18.2 Å². The molecule has 0 amide bonds. The molecule has 1 aromatic rings. The molecule has 0 saturated heterocycles. The fraction of sp³-hybridized carbons (Fsp3) is 0.615. The highest BCUT2D eigenvalue weighted by Crippen LogP contribution is 2.03. The monoisotopic (exact) mass is 237 g/mol. The molecule has 1 atom stereocenters. The Morgan fingerprint density at radius 1 is 1.47 bits per heavy atom. The number of aryl methyl sites for hydroxylation is 1. The summed E-state index contributed by atoms with van der Waals surface area (Å²) in [6.07, 6.45) is 0.106. The van der Waals surface area contributed by atoms with E-state index in [1.165, 1.54) is 0 Å². The number of nitrogens with two attached hydrogens (primary N) is 1. The third-order valence-corrected chi connectivity index (χ3v) is 2.56. The molecule has 1 rings (SSSR count). The number of pyridine rings is 1. The maximum atomic E-state index is 5.66. The van der Waals surface area contributed by atoms with E-state index >= 15 is 0 Å². The fourth-order valence-electron chi connectivity index (χ4n) is 1.81.